The second kappa shape index (κ2) is 9.40. The van der Waals surface area contributed by atoms with Crippen LogP contribution in [0.5, 0.6) is 0 Å². The first-order chi connectivity index (χ1) is 8.16. The molecule has 0 heterocycles. The Morgan fingerprint density at radius 3 is 1.72 bits per heavy atom. The average molecular weight is 275 g/mol. The number of rotatable bonds is 5. The van der Waals surface area contributed by atoms with Gasteiger partial charge in [-0.2, -0.15) is 0 Å². The van der Waals surface area contributed by atoms with Gasteiger partial charge in [0, 0.05) is 26.4 Å². The average Bonchev–Trinajstić information content (AvgIpc) is 2.15. The topological polar surface area (TPSA) is 95.7 Å². The molecule has 0 aromatic heterocycles. The molecule has 0 saturated carbocycles. The number of nitrogens with two attached hydrogens (primary N) is 1. The van der Waals surface area contributed by atoms with E-state index >= 15 is 0 Å². The summed E-state index contributed by atoms with van der Waals surface area (Å²) in [7, 11) is -2.57. The zero-order valence-electron chi connectivity index (χ0n) is 11.3. The molecule has 0 radical (unpaired) electrons. The fourth-order valence-electron chi connectivity index (χ4n) is 1.19. The van der Waals surface area contributed by atoms with Crippen LogP contribution in [-0.4, -0.2) is 26.4 Å². The molecule has 0 aliphatic heterocycles. The van der Waals surface area contributed by atoms with E-state index in [4.69, 9.17) is 8.85 Å². The highest BCUT2D eigenvalue weighted by atomic mass is 28.4. The molecule has 104 valence electrons. The van der Waals surface area contributed by atoms with Gasteiger partial charge in [0.05, 0.1) is 0 Å². The second-order valence-corrected chi connectivity index (χ2v) is 6.85. The number of hydrogen-bond donors (Lipinski definition) is 1. The summed E-state index contributed by atoms with van der Waals surface area (Å²) >= 11 is 0. The second-order valence-electron chi connectivity index (χ2n) is 3.68. The third kappa shape index (κ3) is 12.4. The van der Waals surface area contributed by atoms with Gasteiger partial charge in [-0.25, -0.2) is 0 Å². The van der Waals surface area contributed by atoms with Crippen LogP contribution in [0.25, 0.3) is 0 Å². The number of carbonyl (C=O) groups excluding carboxylic acids is 3. The van der Waals surface area contributed by atoms with Gasteiger partial charge in [-0.05, 0) is 6.08 Å². The zero-order chi connectivity index (χ0) is 14.8. The van der Waals surface area contributed by atoms with Crippen molar-refractivity contribution in [2.75, 3.05) is 0 Å². The third-order valence-electron chi connectivity index (χ3n) is 1.62. The van der Waals surface area contributed by atoms with Crippen LogP contribution in [0, 0.1) is 0 Å². The van der Waals surface area contributed by atoms with Crippen LogP contribution >= 0.6 is 0 Å². The van der Waals surface area contributed by atoms with Crippen molar-refractivity contribution < 1.29 is 23.2 Å². The van der Waals surface area contributed by atoms with E-state index in [0.717, 1.165) is 12.5 Å². The Bertz CT molecular complexity index is 301. The lowest BCUT2D eigenvalue weighted by Crippen LogP contribution is -2.41. The molecule has 7 heteroatoms. The molecule has 0 spiro atoms. The predicted octanol–water partition coefficient (Wildman–Crippen LogP) is 1.25. The van der Waals surface area contributed by atoms with Gasteiger partial charge in [0.2, 0.25) is 5.91 Å². The quantitative estimate of drug-likeness (QED) is 0.602. The molecule has 6 nitrogen and oxygen atoms in total. The molecule has 0 bridgehead atoms. The Morgan fingerprint density at radius 1 is 1.22 bits per heavy atom. The van der Waals surface area contributed by atoms with Gasteiger partial charge in [-0.3, -0.25) is 14.4 Å². The lowest BCUT2D eigenvalue weighted by molar-refractivity contribution is -0.138. The fraction of sp³-hybridized carbons (Fsp3) is 0.545. The van der Waals surface area contributed by atoms with Crippen molar-refractivity contribution in [2.45, 2.75) is 39.8 Å². The molecule has 0 aliphatic carbocycles. The van der Waals surface area contributed by atoms with E-state index in [-0.39, 0.29) is 11.9 Å². The zero-order valence-corrected chi connectivity index (χ0v) is 12.3. The van der Waals surface area contributed by atoms with E-state index in [0.29, 0.717) is 6.04 Å². The molecule has 0 fully saturated rings. The van der Waals surface area contributed by atoms with E-state index in [1.807, 2.05) is 6.92 Å². The van der Waals surface area contributed by atoms with Gasteiger partial charge >= 0.3 is 8.56 Å². The van der Waals surface area contributed by atoms with Gasteiger partial charge in [-0.1, -0.05) is 19.9 Å². The van der Waals surface area contributed by atoms with E-state index in [1.54, 1.807) is 6.55 Å². The highest BCUT2D eigenvalue weighted by Gasteiger charge is 2.36. The van der Waals surface area contributed by atoms with Crippen molar-refractivity contribution in [3.63, 3.8) is 0 Å². The third-order valence-corrected chi connectivity index (χ3v) is 4.47. The fourth-order valence-corrected chi connectivity index (χ4v) is 3.56. The van der Waals surface area contributed by atoms with Crippen molar-refractivity contribution in [1.29, 1.82) is 0 Å². The molecule has 0 aliphatic rings. The summed E-state index contributed by atoms with van der Waals surface area (Å²) in [6.07, 6.45) is 1.89. The first kappa shape index (κ1) is 18.7. The van der Waals surface area contributed by atoms with E-state index < -0.39 is 14.5 Å². The number of primary amides is 1. The normalized spacial score (nSPS) is 9.56. The minimum Gasteiger partial charge on any atom is -0.485 e. The van der Waals surface area contributed by atoms with Gasteiger partial charge in [-0.15, -0.1) is 0 Å². The maximum Gasteiger partial charge on any atom is 0.460 e. The van der Waals surface area contributed by atoms with E-state index in [1.165, 1.54) is 13.8 Å². The summed E-state index contributed by atoms with van der Waals surface area (Å²) in [6.45, 7) is 9.41. The highest BCUT2D eigenvalue weighted by Crippen LogP contribution is 2.16. The predicted molar refractivity (Wildman–Crippen MR) is 69.6 cm³/mol. The Kier molecular flexibility index (Phi) is 9.78. The van der Waals surface area contributed by atoms with Gasteiger partial charge in [0.1, 0.15) is 0 Å². The van der Waals surface area contributed by atoms with Crippen molar-refractivity contribution >= 4 is 26.4 Å². The maximum absolute atomic E-state index is 10.7. The van der Waals surface area contributed by atoms with E-state index in [2.05, 4.69) is 12.3 Å². The van der Waals surface area contributed by atoms with Crippen LogP contribution in [0.3, 0.4) is 0 Å². The maximum atomic E-state index is 10.7. The first-order valence-corrected chi connectivity index (χ1v) is 8.00. The number of hydrogen-bond acceptors (Lipinski definition) is 5. The van der Waals surface area contributed by atoms with Crippen molar-refractivity contribution in [1.82, 2.24) is 0 Å². The Hall–Kier alpha value is -1.63. The minimum absolute atomic E-state index is 0.385. The largest absolute Gasteiger partial charge is 0.485 e. The van der Waals surface area contributed by atoms with Gasteiger partial charge in [0.15, 0.2) is 0 Å². The smallest absolute Gasteiger partial charge is 0.460 e. The summed E-state index contributed by atoms with van der Waals surface area (Å²) in [5.41, 5.74) is 4.53. The molecule has 2 N–H and O–H groups in total. The van der Waals surface area contributed by atoms with Crippen LogP contribution in [0.4, 0.5) is 0 Å². The van der Waals surface area contributed by atoms with Crippen molar-refractivity contribution in [3.05, 3.63) is 12.7 Å². The van der Waals surface area contributed by atoms with Crippen LogP contribution in [0.2, 0.25) is 12.6 Å². The molecule has 0 unspecified atom stereocenters. The van der Waals surface area contributed by atoms with Crippen LogP contribution in [0.1, 0.15) is 27.2 Å². The van der Waals surface area contributed by atoms with Crippen LogP contribution in [0.15, 0.2) is 12.7 Å². The molecular formula is C11H21NO5Si. The SMILES string of the molecule is C=CC(N)=O.CCC[Si](C)(OC(C)=O)OC(C)=O. The monoisotopic (exact) mass is 275 g/mol. The molecule has 0 atom stereocenters. The minimum atomic E-state index is -2.57. The van der Waals surface area contributed by atoms with Crippen LogP contribution in [-0.2, 0) is 23.2 Å². The van der Waals surface area contributed by atoms with Gasteiger partial charge in [0.25, 0.3) is 11.9 Å². The lowest BCUT2D eigenvalue weighted by atomic mass is 10.6. The molecular weight excluding hydrogens is 254 g/mol. The highest BCUT2D eigenvalue weighted by molar-refractivity contribution is 6.69. The Balaban J connectivity index is 0. The summed E-state index contributed by atoms with van der Waals surface area (Å²) < 4.78 is 10.1. The van der Waals surface area contributed by atoms with Crippen molar-refractivity contribution in [3.8, 4) is 0 Å². The molecule has 0 saturated heterocycles. The molecule has 0 rings (SSSR count). The van der Waals surface area contributed by atoms with Crippen molar-refractivity contribution in [2.24, 2.45) is 5.73 Å². The standard InChI is InChI=1S/C8H16O4Si.C3H5NO/c1-5-6-13(4,11-7(2)9)12-8(3)10;1-2-3(4)5/h5-6H2,1-4H3;2H,1H2,(H2,4,5). The lowest BCUT2D eigenvalue weighted by Gasteiger charge is -2.24. The first-order valence-electron chi connectivity index (χ1n) is 5.48. The Labute approximate surface area is 108 Å². The summed E-state index contributed by atoms with van der Waals surface area (Å²) in [6, 6.07) is 0.645. The number of amides is 1. The Morgan fingerprint density at radius 2 is 1.56 bits per heavy atom. The summed E-state index contributed by atoms with van der Waals surface area (Å²) in [5, 5.41) is 0. The van der Waals surface area contributed by atoms with Gasteiger partial charge < -0.3 is 14.6 Å². The number of carbonyl (C=O) groups is 3. The summed E-state index contributed by atoms with van der Waals surface area (Å²) in [4.78, 5) is 30.9. The summed E-state index contributed by atoms with van der Waals surface area (Å²) in [5.74, 6) is -1.25. The molecule has 18 heavy (non-hydrogen) atoms. The molecule has 0 aromatic rings. The van der Waals surface area contributed by atoms with E-state index in [9.17, 15) is 14.4 Å². The molecule has 0 aromatic carbocycles. The van der Waals surface area contributed by atoms with Crippen LogP contribution < -0.4 is 5.73 Å². The molecule has 1 amide bonds.